The lowest BCUT2D eigenvalue weighted by molar-refractivity contribution is 0.471. The van der Waals surface area contributed by atoms with E-state index in [2.05, 4.69) is 4.72 Å². The molecule has 5 nitrogen and oxygen atoms in total. The number of hydrogen-bond acceptors (Lipinski definition) is 4. The van der Waals surface area contributed by atoms with Crippen LogP contribution in [0, 0.1) is 17.1 Å². The number of phenols is 1. The molecule has 0 atom stereocenters. The zero-order valence-corrected chi connectivity index (χ0v) is 11.9. The first-order valence-corrected chi connectivity index (χ1v) is 7.40. The molecule has 2 aromatic carbocycles. The fourth-order valence-electron chi connectivity index (χ4n) is 1.58. The number of nitrogens with one attached hydrogen (secondary N) is 1. The van der Waals surface area contributed by atoms with Crippen LogP contribution in [0.1, 0.15) is 5.56 Å². The lowest BCUT2D eigenvalue weighted by atomic mass is 10.2. The van der Waals surface area contributed by atoms with E-state index in [4.69, 9.17) is 16.9 Å². The zero-order valence-electron chi connectivity index (χ0n) is 10.3. The van der Waals surface area contributed by atoms with Crippen LogP contribution >= 0.6 is 11.6 Å². The van der Waals surface area contributed by atoms with Crippen molar-refractivity contribution in [2.75, 3.05) is 4.72 Å². The highest BCUT2D eigenvalue weighted by molar-refractivity contribution is 7.92. The Labute approximate surface area is 125 Å². The minimum atomic E-state index is -4.08. The molecule has 0 aliphatic heterocycles. The Morgan fingerprint density at radius 3 is 2.52 bits per heavy atom. The molecule has 0 aliphatic carbocycles. The number of nitriles is 1. The van der Waals surface area contributed by atoms with Crippen LogP contribution < -0.4 is 4.72 Å². The molecule has 0 bridgehead atoms. The molecular weight excluding hydrogens is 319 g/mol. The Morgan fingerprint density at radius 1 is 1.24 bits per heavy atom. The summed E-state index contributed by atoms with van der Waals surface area (Å²) >= 11 is 5.83. The number of anilines is 1. The first-order valence-electron chi connectivity index (χ1n) is 5.54. The minimum Gasteiger partial charge on any atom is -0.506 e. The van der Waals surface area contributed by atoms with Crippen molar-refractivity contribution in [1.29, 1.82) is 5.26 Å². The molecule has 0 heterocycles. The standard InChI is InChI=1S/C13H8ClFN2O3S/c14-10-5-8(7-16)1-4-13(10)21(19,20)17-11-3-2-9(15)6-12(11)18/h1-6,17-18H. The predicted molar refractivity (Wildman–Crippen MR) is 75.0 cm³/mol. The normalized spacial score (nSPS) is 10.9. The van der Waals surface area contributed by atoms with Crippen LogP contribution in [0.2, 0.25) is 5.02 Å². The second-order valence-corrected chi connectivity index (χ2v) is 6.08. The number of sulfonamides is 1. The Hall–Kier alpha value is -2.30. The summed E-state index contributed by atoms with van der Waals surface area (Å²) in [5.74, 6) is -1.25. The van der Waals surface area contributed by atoms with Gasteiger partial charge < -0.3 is 5.11 Å². The third kappa shape index (κ3) is 3.24. The smallest absolute Gasteiger partial charge is 0.263 e. The van der Waals surface area contributed by atoms with Gasteiger partial charge in [-0.2, -0.15) is 5.26 Å². The molecule has 0 saturated carbocycles. The summed E-state index contributed by atoms with van der Waals surface area (Å²) in [6.45, 7) is 0. The van der Waals surface area contributed by atoms with Gasteiger partial charge in [-0.25, -0.2) is 12.8 Å². The van der Waals surface area contributed by atoms with Gasteiger partial charge in [0.1, 0.15) is 16.5 Å². The number of nitrogens with zero attached hydrogens (tertiary/aromatic N) is 1. The first kappa shape index (κ1) is 15.1. The average Bonchev–Trinajstić information content (AvgIpc) is 2.41. The number of halogens is 2. The van der Waals surface area contributed by atoms with Crippen LogP contribution in [-0.2, 0) is 10.0 Å². The third-order valence-electron chi connectivity index (χ3n) is 2.55. The van der Waals surface area contributed by atoms with E-state index in [1.807, 2.05) is 6.07 Å². The van der Waals surface area contributed by atoms with Gasteiger partial charge in [-0.05, 0) is 30.3 Å². The summed E-state index contributed by atoms with van der Waals surface area (Å²) < 4.78 is 39.3. The van der Waals surface area contributed by atoms with Crippen LogP contribution in [0.15, 0.2) is 41.3 Å². The molecule has 0 saturated heterocycles. The van der Waals surface area contributed by atoms with Crippen molar-refractivity contribution in [1.82, 2.24) is 0 Å². The van der Waals surface area contributed by atoms with Gasteiger partial charge in [-0.1, -0.05) is 11.6 Å². The van der Waals surface area contributed by atoms with Crippen LogP contribution in [0.3, 0.4) is 0 Å². The monoisotopic (exact) mass is 326 g/mol. The number of rotatable bonds is 3. The average molecular weight is 327 g/mol. The van der Waals surface area contributed by atoms with Crippen molar-refractivity contribution >= 4 is 27.3 Å². The zero-order chi connectivity index (χ0) is 15.6. The molecule has 0 spiro atoms. The van der Waals surface area contributed by atoms with Crippen LogP contribution in [-0.4, -0.2) is 13.5 Å². The number of benzene rings is 2. The van der Waals surface area contributed by atoms with Gasteiger partial charge in [-0.3, -0.25) is 4.72 Å². The van der Waals surface area contributed by atoms with E-state index in [9.17, 15) is 17.9 Å². The SMILES string of the molecule is N#Cc1ccc(S(=O)(=O)Nc2ccc(F)cc2O)c(Cl)c1. The molecule has 0 aliphatic rings. The van der Waals surface area contributed by atoms with Crippen molar-refractivity contribution in [2.24, 2.45) is 0 Å². The van der Waals surface area contributed by atoms with Crippen molar-refractivity contribution < 1.29 is 17.9 Å². The van der Waals surface area contributed by atoms with Crippen LogP contribution in [0.25, 0.3) is 0 Å². The summed E-state index contributed by atoms with van der Waals surface area (Å²) in [5.41, 5.74) is 0.0282. The second kappa shape index (κ2) is 5.60. The largest absolute Gasteiger partial charge is 0.506 e. The Bertz CT molecular complexity index is 847. The van der Waals surface area contributed by atoms with Gasteiger partial charge in [0, 0.05) is 6.07 Å². The fourth-order valence-corrected chi connectivity index (χ4v) is 3.20. The molecule has 0 fully saturated rings. The van der Waals surface area contributed by atoms with Gasteiger partial charge in [0.15, 0.2) is 0 Å². The molecule has 8 heteroatoms. The molecule has 2 rings (SSSR count). The van der Waals surface area contributed by atoms with Crippen LogP contribution in [0.4, 0.5) is 10.1 Å². The molecule has 0 aromatic heterocycles. The van der Waals surface area contributed by atoms with E-state index >= 15 is 0 Å². The van der Waals surface area contributed by atoms with E-state index in [0.717, 1.165) is 18.2 Å². The lowest BCUT2D eigenvalue weighted by Crippen LogP contribution is -2.13. The maximum absolute atomic E-state index is 12.9. The van der Waals surface area contributed by atoms with Crippen molar-refractivity contribution in [3.63, 3.8) is 0 Å². The number of phenolic OH excluding ortho intramolecular Hbond substituents is 1. The highest BCUT2D eigenvalue weighted by atomic mass is 35.5. The van der Waals surface area contributed by atoms with E-state index in [-0.39, 0.29) is 21.2 Å². The maximum Gasteiger partial charge on any atom is 0.263 e. The Morgan fingerprint density at radius 2 is 1.95 bits per heavy atom. The van der Waals surface area contributed by atoms with Crippen molar-refractivity contribution in [3.8, 4) is 11.8 Å². The summed E-state index contributed by atoms with van der Waals surface area (Å²) in [6.07, 6.45) is 0. The van der Waals surface area contributed by atoms with Crippen molar-refractivity contribution in [2.45, 2.75) is 4.90 Å². The fraction of sp³-hybridized carbons (Fsp3) is 0. The van der Waals surface area contributed by atoms with Crippen molar-refractivity contribution in [3.05, 3.63) is 52.8 Å². The third-order valence-corrected chi connectivity index (χ3v) is 4.40. The van der Waals surface area contributed by atoms with Gasteiger partial charge in [0.25, 0.3) is 10.0 Å². The highest BCUT2D eigenvalue weighted by Gasteiger charge is 2.20. The molecule has 108 valence electrons. The second-order valence-electron chi connectivity index (χ2n) is 4.02. The highest BCUT2D eigenvalue weighted by Crippen LogP contribution is 2.29. The number of hydrogen-bond donors (Lipinski definition) is 2. The Balaban J connectivity index is 2.41. The maximum atomic E-state index is 12.9. The molecule has 2 N–H and O–H groups in total. The lowest BCUT2D eigenvalue weighted by Gasteiger charge is -2.11. The number of aromatic hydroxyl groups is 1. The van der Waals surface area contributed by atoms with Gasteiger partial charge in [-0.15, -0.1) is 0 Å². The molecule has 0 unspecified atom stereocenters. The van der Waals surface area contributed by atoms with E-state index in [0.29, 0.717) is 0 Å². The topological polar surface area (TPSA) is 90.2 Å². The molecule has 21 heavy (non-hydrogen) atoms. The van der Waals surface area contributed by atoms with E-state index in [1.165, 1.54) is 18.2 Å². The summed E-state index contributed by atoms with van der Waals surface area (Å²) in [7, 11) is -4.08. The van der Waals surface area contributed by atoms with Gasteiger partial charge >= 0.3 is 0 Å². The summed E-state index contributed by atoms with van der Waals surface area (Å²) in [6, 6.07) is 8.36. The Kier molecular flexibility index (Phi) is 4.02. The predicted octanol–water partition coefficient (Wildman–Crippen LogP) is 2.86. The molecule has 0 radical (unpaired) electrons. The minimum absolute atomic E-state index is 0.136. The first-order chi connectivity index (χ1) is 9.83. The van der Waals surface area contributed by atoms with E-state index < -0.39 is 21.6 Å². The van der Waals surface area contributed by atoms with E-state index in [1.54, 1.807) is 0 Å². The van der Waals surface area contributed by atoms with Gasteiger partial charge in [0.2, 0.25) is 0 Å². The molecule has 2 aromatic rings. The molecule has 0 amide bonds. The summed E-state index contributed by atoms with van der Waals surface area (Å²) in [5, 5.41) is 18.1. The summed E-state index contributed by atoms with van der Waals surface area (Å²) in [4.78, 5) is -0.258. The van der Waals surface area contributed by atoms with Gasteiger partial charge in [0.05, 0.1) is 22.3 Å². The van der Waals surface area contributed by atoms with Crippen LogP contribution in [0.5, 0.6) is 5.75 Å². The quantitative estimate of drug-likeness (QED) is 0.849. The molecular formula is C13H8ClFN2O3S.